The van der Waals surface area contributed by atoms with Crippen LogP contribution in [0.15, 0.2) is 0 Å². The molecule has 0 amide bonds. The van der Waals surface area contributed by atoms with Gasteiger partial charge in [0.15, 0.2) is 0 Å². The Bertz CT molecular complexity index is 213. The minimum absolute atomic E-state index is 0.322. The lowest BCUT2D eigenvalue weighted by Gasteiger charge is -2.31. The summed E-state index contributed by atoms with van der Waals surface area (Å²) in [5.74, 6) is 2.25. The molecule has 0 spiro atoms. The highest BCUT2D eigenvalue weighted by molar-refractivity contribution is 5.83. The van der Waals surface area contributed by atoms with Gasteiger partial charge in [0.05, 0.1) is 6.54 Å². The molecule has 1 aliphatic carbocycles. The molecule has 1 saturated carbocycles. The molecular weight excluding hydrogens is 186 g/mol. The lowest BCUT2D eigenvalue weighted by molar-refractivity contribution is -0.123. The Hall–Kier alpha value is -0.370. The fourth-order valence-corrected chi connectivity index (χ4v) is 2.29. The average Bonchev–Trinajstić information content (AvgIpc) is 2.18. The van der Waals surface area contributed by atoms with Crippen LogP contribution in [-0.4, -0.2) is 18.4 Å². The average molecular weight is 211 g/mol. The molecule has 0 bridgehead atoms. The summed E-state index contributed by atoms with van der Waals surface area (Å²) in [6, 6.07) is 0.411. The van der Waals surface area contributed by atoms with Crippen LogP contribution < -0.4 is 5.32 Å². The Kier molecular flexibility index (Phi) is 4.78. The first-order chi connectivity index (χ1) is 7.00. The molecule has 1 rings (SSSR count). The van der Waals surface area contributed by atoms with Crippen molar-refractivity contribution < 1.29 is 4.79 Å². The van der Waals surface area contributed by atoms with Gasteiger partial charge in [0.1, 0.15) is 5.78 Å². The second kappa shape index (κ2) is 5.64. The summed E-state index contributed by atoms with van der Waals surface area (Å²) < 4.78 is 0. The van der Waals surface area contributed by atoms with Gasteiger partial charge in [0.25, 0.3) is 0 Å². The zero-order valence-corrected chi connectivity index (χ0v) is 10.5. The van der Waals surface area contributed by atoms with E-state index in [2.05, 4.69) is 33.0 Å². The Labute approximate surface area is 93.8 Å². The monoisotopic (exact) mass is 211 g/mol. The number of Topliss-reactive ketones (excluding diaryl/α,β-unsaturated/α-hetero) is 1. The number of hydrogen-bond acceptors (Lipinski definition) is 2. The maximum atomic E-state index is 11.9. The van der Waals surface area contributed by atoms with Crippen molar-refractivity contribution in [1.29, 1.82) is 0 Å². The minimum Gasteiger partial charge on any atom is -0.308 e. The van der Waals surface area contributed by atoms with E-state index in [1.807, 2.05) is 0 Å². The van der Waals surface area contributed by atoms with Gasteiger partial charge in [-0.3, -0.25) is 4.79 Å². The van der Waals surface area contributed by atoms with Crippen LogP contribution >= 0.6 is 0 Å². The molecule has 0 radical (unpaired) electrons. The number of nitrogens with one attached hydrogen (secondary N) is 1. The third kappa shape index (κ3) is 3.94. The van der Waals surface area contributed by atoms with E-state index in [-0.39, 0.29) is 0 Å². The third-order valence-electron chi connectivity index (χ3n) is 3.74. The lowest BCUT2D eigenvalue weighted by Crippen LogP contribution is -2.35. The Morgan fingerprint density at radius 2 is 1.93 bits per heavy atom. The summed E-state index contributed by atoms with van der Waals surface area (Å²) in [5, 5.41) is 3.22. The van der Waals surface area contributed by atoms with Crippen molar-refractivity contribution in [1.82, 2.24) is 5.32 Å². The van der Waals surface area contributed by atoms with E-state index in [9.17, 15) is 4.79 Å². The molecular formula is C13H25NO. The molecule has 1 N–H and O–H groups in total. The highest BCUT2D eigenvalue weighted by Gasteiger charge is 2.28. The van der Waals surface area contributed by atoms with Crippen LogP contribution in [-0.2, 0) is 4.79 Å². The van der Waals surface area contributed by atoms with Crippen molar-refractivity contribution in [2.24, 2.45) is 17.8 Å². The number of carbonyl (C=O) groups is 1. The summed E-state index contributed by atoms with van der Waals surface area (Å²) in [5.41, 5.74) is 0. The maximum absolute atomic E-state index is 11.9. The molecule has 3 unspecified atom stereocenters. The summed E-state index contributed by atoms with van der Waals surface area (Å²) in [7, 11) is 0. The van der Waals surface area contributed by atoms with Crippen LogP contribution in [0.25, 0.3) is 0 Å². The zero-order chi connectivity index (χ0) is 11.4. The Morgan fingerprint density at radius 1 is 1.27 bits per heavy atom. The second-order valence-electron chi connectivity index (χ2n) is 5.47. The van der Waals surface area contributed by atoms with Crippen LogP contribution in [0.1, 0.15) is 47.0 Å². The molecule has 0 aromatic carbocycles. The number of ketones is 1. The highest BCUT2D eigenvalue weighted by atomic mass is 16.1. The topological polar surface area (TPSA) is 29.1 Å². The van der Waals surface area contributed by atoms with Crippen molar-refractivity contribution in [3.05, 3.63) is 0 Å². The van der Waals surface area contributed by atoms with Gasteiger partial charge < -0.3 is 5.32 Å². The van der Waals surface area contributed by atoms with Crippen molar-refractivity contribution in [3.8, 4) is 0 Å². The third-order valence-corrected chi connectivity index (χ3v) is 3.74. The standard InChI is InChI=1S/C13H25NO/c1-9(2)14-8-13(15)12-6-5-10(3)11(4)7-12/h9-12,14H,5-8H2,1-4H3. The van der Waals surface area contributed by atoms with Gasteiger partial charge in [-0.05, 0) is 31.1 Å². The molecule has 0 heterocycles. The van der Waals surface area contributed by atoms with Gasteiger partial charge in [-0.1, -0.05) is 27.7 Å². The van der Waals surface area contributed by atoms with Crippen LogP contribution in [0.3, 0.4) is 0 Å². The molecule has 1 aliphatic rings. The fourth-order valence-electron chi connectivity index (χ4n) is 2.29. The number of rotatable bonds is 4. The summed E-state index contributed by atoms with van der Waals surface area (Å²) in [6.07, 6.45) is 3.42. The van der Waals surface area contributed by atoms with Gasteiger partial charge in [0, 0.05) is 12.0 Å². The summed E-state index contributed by atoms with van der Waals surface area (Å²) in [4.78, 5) is 11.9. The number of carbonyl (C=O) groups excluding carboxylic acids is 1. The first kappa shape index (κ1) is 12.7. The normalized spacial score (nSPS) is 31.9. The van der Waals surface area contributed by atoms with E-state index in [1.54, 1.807) is 0 Å². The van der Waals surface area contributed by atoms with E-state index in [1.165, 1.54) is 6.42 Å². The maximum Gasteiger partial charge on any atom is 0.149 e. The van der Waals surface area contributed by atoms with Crippen molar-refractivity contribution in [2.45, 2.75) is 53.0 Å². The van der Waals surface area contributed by atoms with Gasteiger partial charge in [-0.25, -0.2) is 0 Å². The first-order valence-electron chi connectivity index (χ1n) is 6.26. The lowest BCUT2D eigenvalue weighted by atomic mass is 9.74. The van der Waals surface area contributed by atoms with E-state index >= 15 is 0 Å². The SMILES string of the molecule is CC(C)NCC(=O)C1CCC(C)C(C)C1. The Morgan fingerprint density at radius 3 is 2.47 bits per heavy atom. The Balaban J connectivity index is 2.34. The van der Waals surface area contributed by atoms with Crippen LogP contribution in [0.2, 0.25) is 0 Å². The predicted molar refractivity (Wildman–Crippen MR) is 63.8 cm³/mol. The molecule has 15 heavy (non-hydrogen) atoms. The fraction of sp³-hybridized carbons (Fsp3) is 0.923. The van der Waals surface area contributed by atoms with Crippen molar-refractivity contribution >= 4 is 5.78 Å². The van der Waals surface area contributed by atoms with Gasteiger partial charge >= 0.3 is 0 Å². The predicted octanol–water partition coefficient (Wildman–Crippen LogP) is 2.63. The molecule has 2 nitrogen and oxygen atoms in total. The first-order valence-corrected chi connectivity index (χ1v) is 6.26. The van der Waals surface area contributed by atoms with Gasteiger partial charge in [0.2, 0.25) is 0 Å². The van der Waals surface area contributed by atoms with Crippen molar-refractivity contribution in [2.75, 3.05) is 6.54 Å². The second-order valence-corrected chi connectivity index (χ2v) is 5.47. The van der Waals surface area contributed by atoms with E-state index in [0.29, 0.717) is 30.2 Å². The molecule has 88 valence electrons. The zero-order valence-electron chi connectivity index (χ0n) is 10.5. The van der Waals surface area contributed by atoms with Crippen molar-refractivity contribution in [3.63, 3.8) is 0 Å². The van der Waals surface area contributed by atoms with Crippen LogP contribution in [0.5, 0.6) is 0 Å². The van der Waals surface area contributed by atoms with Crippen LogP contribution in [0, 0.1) is 17.8 Å². The minimum atomic E-state index is 0.322. The summed E-state index contributed by atoms with van der Waals surface area (Å²) >= 11 is 0. The quantitative estimate of drug-likeness (QED) is 0.774. The molecule has 0 aromatic heterocycles. The molecule has 2 heteroatoms. The van der Waals surface area contributed by atoms with Gasteiger partial charge in [-0.2, -0.15) is 0 Å². The smallest absolute Gasteiger partial charge is 0.149 e. The molecule has 0 aliphatic heterocycles. The van der Waals surface area contributed by atoms with Gasteiger partial charge in [-0.15, -0.1) is 0 Å². The molecule has 3 atom stereocenters. The largest absolute Gasteiger partial charge is 0.308 e. The highest BCUT2D eigenvalue weighted by Crippen LogP contribution is 2.33. The summed E-state index contributed by atoms with van der Waals surface area (Å²) in [6.45, 7) is 9.30. The number of hydrogen-bond donors (Lipinski definition) is 1. The van der Waals surface area contributed by atoms with Crippen LogP contribution in [0.4, 0.5) is 0 Å². The molecule has 1 fully saturated rings. The van der Waals surface area contributed by atoms with E-state index < -0.39 is 0 Å². The van der Waals surface area contributed by atoms with E-state index in [0.717, 1.165) is 18.8 Å². The molecule has 0 aromatic rings. The van der Waals surface area contributed by atoms with E-state index in [4.69, 9.17) is 0 Å². The molecule has 0 saturated heterocycles.